The van der Waals surface area contributed by atoms with Crippen molar-refractivity contribution >= 4 is 17.9 Å². The van der Waals surface area contributed by atoms with Crippen LogP contribution >= 0.6 is 0 Å². The lowest BCUT2D eigenvalue weighted by molar-refractivity contribution is -0.183. The number of likely N-dealkylation sites (tertiary alicyclic amines) is 1. The zero-order valence-corrected chi connectivity index (χ0v) is 23.7. The molecule has 0 amide bonds. The third kappa shape index (κ3) is 4.35. The van der Waals surface area contributed by atoms with Gasteiger partial charge in [0.15, 0.2) is 17.6 Å². The van der Waals surface area contributed by atoms with Crippen molar-refractivity contribution in [3.05, 3.63) is 35.1 Å². The maximum absolute atomic E-state index is 13.2. The van der Waals surface area contributed by atoms with E-state index in [2.05, 4.69) is 4.90 Å². The summed E-state index contributed by atoms with van der Waals surface area (Å²) < 4.78 is 28.3. The number of aliphatic hydroxyl groups is 2. The summed E-state index contributed by atoms with van der Waals surface area (Å²) in [4.78, 5) is 40.2. The van der Waals surface area contributed by atoms with Crippen LogP contribution in [0.5, 0.6) is 11.5 Å². The molecule has 1 spiro atoms. The molecule has 2 unspecified atom stereocenters. The van der Waals surface area contributed by atoms with Gasteiger partial charge >= 0.3 is 17.9 Å². The Morgan fingerprint density at radius 3 is 2.60 bits per heavy atom. The van der Waals surface area contributed by atoms with Crippen LogP contribution in [0.4, 0.5) is 0 Å². The van der Waals surface area contributed by atoms with E-state index in [0.29, 0.717) is 30.9 Å². The predicted octanol–water partition coefficient (Wildman–Crippen LogP) is 1.54. The summed E-state index contributed by atoms with van der Waals surface area (Å²) >= 11 is 0. The molecule has 0 aromatic heterocycles. The summed E-state index contributed by atoms with van der Waals surface area (Å²) in [6.45, 7) is 6.82. The van der Waals surface area contributed by atoms with Crippen LogP contribution in [0.1, 0.15) is 58.1 Å². The number of hydrogen-bond acceptors (Lipinski definition) is 11. The van der Waals surface area contributed by atoms with Crippen molar-refractivity contribution in [2.75, 3.05) is 20.7 Å². The van der Waals surface area contributed by atoms with Gasteiger partial charge in [-0.05, 0) is 71.8 Å². The summed E-state index contributed by atoms with van der Waals surface area (Å²) in [5.41, 5.74) is -0.991. The van der Waals surface area contributed by atoms with Gasteiger partial charge in [-0.15, -0.1) is 0 Å². The number of rotatable bonds is 7. The van der Waals surface area contributed by atoms with Crippen LogP contribution in [0, 0.1) is 0 Å². The van der Waals surface area contributed by atoms with E-state index < -0.39 is 59.3 Å². The number of piperidine rings is 1. The molecule has 6 atom stereocenters. The molecule has 2 heterocycles. The van der Waals surface area contributed by atoms with Crippen LogP contribution in [0.25, 0.3) is 0 Å². The van der Waals surface area contributed by atoms with Gasteiger partial charge in [-0.3, -0.25) is 4.79 Å². The molecule has 1 fully saturated rings. The van der Waals surface area contributed by atoms with Gasteiger partial charge in [-0.2, -0.15) is 0 Å². The predicted molar refractivity (Wildman–Crippen MR) is 140 cm³/mol. The minimum Gasteiger partial charge on any atom is -0.493 e. The Bertz CT molecular complexity index is 1270. The maximum atomic E-state index is 13.2. The van der Waals surface area contributed by atoms with Gasteiger partial charge in [0, 0.05) is 18.0 Å². The van der Waals surface area contributed by atoms with E-state index in [1.165, 1.54) is 6.92 Å². The van der Waals surface area contributed by atoms with E-state index >= 15 is 0 Å². The Balaban J connectivity index is 1.45. The highest BCUT2D eigenvalue weighted by atomic mass is 16.6. The Kier molecular flexibility index (Phi) is 6.91. The van der Waals surface area contributed by atoms with Gasteiger partial charge in [0.1, 0.15) is 17.5 Å². The zero-order chi connectivity index (χ0) is 29.2. The molecule has 2 aliphatic heterocycles. The molecule has 11 heteroatoms. The van der Waals surface area contributed by atoms with Crippen LogP contribution in [0.2, 0.25) is 0 Å². The van der Waals surface area contributed by atoms with Gasteiger partial charge < -0.3 is 38.8 Å². The highest BCUT2D eigenvalue weighted by Crippen LogP contribution is 2.65. The number of carbonyl (C=O) groups is 3. The van der Waals surface area contributed by atoms with Crippen molar-refractivity contribution in [2.45, 2.75) is 94.3 Å². The van der Waals surface area contributed by atoms with Crippen LogP contribution in [0.15, 0.2) is 24.0 Å². The average Bonchev–Trinajstić information content (AvgIpc) is 3.22. The SMILES string of the molecule is COc1ccc2c3c1O[C@H]1C(OC(=O)CC(OC(=O)C(C)O)C(=O)OC(C)(C)C)=CC[C@@]4(O)[C@@H](C2)N(C)CC[C@]314. The monoisotopic (exact) mass is 559 g/mol. The first-order valence-corrected chi connectivity index (χ1v) is 13.5. The molecule has 2 bridgehead atoms. The van der Waals surface area contributed by atoms with E-state index in [9.17, 15) is 24.6 Å². The average molecular weight is 560 g/mol. The molecule has 218 valence electrons. The van der Waals surface area contributed by atoms with E-state index in [4.69, 9.17) is 23.7 Å². The van der Waals surface area contributed by atoms with Crippen LogP contribution in [-0.2, 0) is 40.4 Å². The third-order valence-corrected chi connectivity index (χ3v) is 8.41. The van der Waals surface area contributed by atoms with Crippen molar-refractivity contribution in [3.63, 3.8) is 0 Å². The Labute approximate surface area is 233 Å². The number of esters is 3. The number of carbonyl (C=O) groups excluding carboxylic acids is 3. The van der Waals surface area contributed by atoms with Crippen molar-refractivity contribution in [3.8, 4) is 11.5 Å². The number of methoxy groups -OCH3 is 1. The largest absolute Gasteiger partial charge is 0.493 e. The molecule has 11 nitrogen and oxygen atoms in total. The molecular formula is C29H37NO10. The van der Waals surface area contributed by atoms with Gasteiger partial charge in [0.05, 0.1) is 24.5 Å². The van der Waals surface area contributed by atoms with Crippen molar-refractivity contribution in [1.82, 2.24) is 4.90 Å². The maximum Gasteiger partial charge on any atom is 0.348 e. The topological polar surface area (TPSA) is 141 Å². The second-order valence-corrected chi connectivity index (χ2v) is 12.1. The number of benzene rings is 1. The number of aliphatic hydroxyl groups excluding tert-OH is 1. The smallest absolute Gasteiger partial charge is 0.348 e. The van der Waals surface area contributed by atoms with E-state index in [1.807, 2.05) is 19.2 Å². The number of nitrogens with zero attached hydrogens (tertiary/aromatic N) is 1. The Morgan fingerprint density at radius 2 is 1.95 bits per heavy atom. The first-order valence-electron chi connectivity index (χ1n) is 13.5. The van der Waals surface area contributed by atoms with Gasteiger partial charge in [0.25, 0.3) is 0 Å². The van der Waals surface area contributed by atoms with Gasteiger partial charge in [0.2, 0.25) is 6.10 Å². The summed E-state index contributed by atoms with van der Waals surface area (Å²) in [5.74, 6) is -1.58. The lowest BCUT2D eigenvalue weighted by Gasteiger charge is -2.61. The highest BCUT2D eigenvalue weighted by Gasteiger charge is 2.72. The lowest BCUT2D eigenvalue weighted by Crippen LogP contribution is -2.74. The standard InChI is InChI=1S/C29H37NO10/c1-15(31)25(33)38-19(26(34)40-27(2,3)4)14-21(32)37-18-9-10-29(35)20-13-16-7-8-17(36-6)23-22(16)28(29,24(18)39-23)11-12-30(20)5/h7-9,15,19-20,24,31,35H,10-14H2,1-6H3/t15?,19?,20-,24+,28+,29-/m1/s1. The lowest BCUT2D eigenvalue weighted by atomic mass is 9.50. The second-order valence-electron chi connectivity index (χ2n) is 12.1. The number of ether oxygens (including phenoxy) is 5. The van der Waals surface area contributed by atoms with Crippen LogP contribution < -0.4 is 9.47 Å². The third-order valence-electron chi connectivity index (χ3n) is 8.41. The van der Waals surface area contributed by atoms with E-state index in [0.717, 1.165) is 11.1 Å². The quantitative estimate of drug-likeness (QED) is 0.371. The molecule has 1 aromatic rings. The molecule has 2 aliphatic carbocycles. The van der Waals surface area contributed by atoms with Crippen molar-refractivity contribution < 1.29 is 48.3 Å². The fourth-order valence-corrected chi connectivity index (χ4v) is 6.69. The number of hydrogen-bond donors (Lipinski definition) is 2. The molecule has 0 radical (unpaired) electrons. The molecule has 2 N–H and O–H groups in total. The summed E-state index contributed by atoms with van der Waals surface area (Å²) in [6, 6.07) is 3.69. The van der Waals surface area contributed by atoms with Crippen LogP contribution in [0.3, 0.4) is 0 Å². The fraction of sp³-hybridized carbons (Fsp3) is 0.621. The van der Waals surface area contributed by atoms with Crippen molar-refractivity contribution in [1.29, 1.82) is 0 Å². The molecule has 1 saturated heterocycles. The molecular weight excluding hydrogens is 522 g/mol. The van der Waals surface area contributed by atoms with Gasteiger partial charge in [-0.1, -0.05) is 6.07 Å². The summed E-state index contributed by atoms with van der Waals surface area (Å²) in [6.07, 6.45) is -1.46. The molecule has 40 heavy (non-hydrogen) atoms. The van der Waals surface area contributed by atoms with Gasteiger partial charge in [-0.25, -0.2) is 9.59 Å². The number of likely N-dealkylation sites (N-methyl/N-ethyl adjacent to an activating group) is 1. The van der Waals surface area contributed by atoms with E-state index in [1.54, 1.807) is 34.0 Å². The Hall–Kier alpha value is -3.15. The molecule has 5 rings (SSSR count). The molecule has 0 saturated carbocycles. The summed E-state index contributed by atoms with van der Waals surface area (Å²) in [5, 5.41) is 21.9. The van der Waals surface area contributed by atoms with Crippen LogP contribution in [-0.4, -0.2) is 89.3 Å². The fourth-order valence-electron chi connectivity index (χ4n) is 6.69. The normalized spacial score (nSPS) is 29.8. The van der Waals surface area contributed by atoms with Crippen molar-refractivity contribution in [2.24, 2.45) is 0 Å². The second kappa shape index (κ2) is 9.74. The zero-order valence-electron chi connectivity index (χ0n) is 23.7. The van der Waals surface area contributed by atoms with E-state index in [-0.39, 0.29) is 18.2 Å². The first kappa shape index (κ1) is 28.4. The highest BCUT2D eigenvalue weighted by molar-refractivity contribution is 5.86. The summed E-state index contributed by atoms with van der Waals surface area (Å²) in [7, 11) is 3.55. The first-order chi connectivity index (χ1) is 18.7. The minimum absolute atomic E-state index is 0.163. The minimum atomic E-state index is -1.62. The molecule has 4 aliphatic rings. The molecule has 1 aromatic carbocycles. The Morgan fingerprint density at radius 1 is 1.23 bits per heavy atom.